The van der Waals surface area contributed by atoms with Crippen molar-refractivity contribution >= 4 is 10.9 Å². The molecule has 0 aliphatic heterocycles. The zero-order valence-electron chi connectivity index (χ0n) is 8.57. The highest BCUT2D eigenvalue weighted by atomic mass is 16.5. The summed E-state index contributed by atoms with van der Waals surface area (Å²) in [6, 6.07) is 7.96. The van der Waals surface area contributed by atoms with Crippen LogP contribution in [0.2, 0.25) is 0 Å². The molecular formula is C12H14N2O. The Kier molecular flexibility index (Phi) is 1.83. The summed E-state index contributed by atoms with van der Waals surface area (Å²) >= 11 is 0. The summed E-state index contributed by atoms with van der Waals surface area (Å²) in [5, 5.41) is 5.12. The minimum Gasteiger partial charge on any atom is -0.358 e. The summed E-state index contributed by atoms with van der Waals surface area (Å²) in [6.45, 7) is 0. The van der Waals surface area contributed by atoms with Crippen molar-refractivity contribution in [3.05, 3.63) is 30.0 Å². The first kappa shape index (κ1) is 8.92. The molecule has 3 rings (SSSR count). The van der Waals surface area contributed by atoms with Crippen molar-refractivity contribution in [1.82, 2.24) is 5.16 Å². The molecule has 2 aromatic rings. The maximum Gasteiger partial charge on any atom is 0.164 e. The van der Waals surface area contributed by atoms with E-state index in [-0.39, 0.29) is 5.54 Å². The molecule has 1 aromatic carbocycles. The van der Waals surface area contributed by atoms with Crippen LogP contribution in [-0.4, -0.2) is 5.16 Å². The van der Waals surface area contributed by atoms with E-state index in [9.17, 15) is 0 Å². The van der Waals surface area contributed by atoms with E-state index < -0.39 is 0 Å². The van der Waals surface area contributed by atoms with E-state index in [1.54, 1.807) is 0 Å². The number of benzene rings is 1. The lowest BCUT2D eigenvalue weighted by atomic mass is 9.93. The van der Waals surface area contributed by atoms with Crippen molar-refractivity contribution in [2.45, 2.75) is 31.2 Å². The van der Waals surface area contributed by atoms with Gasteiger partial charge in [0.2, 0.25) is 0 Å². The summed E-state index contributed by atoms with van der Waals surface area (Å²) in [5.41, 5.74) is 6.98. The second-order valence-corrected chi connectivity index (χ2v) is 4.39. The van der Waals surface area contributed by atoms with Gasteiger partial charge in [0.05, 0.1) is 5.54 Å². The van der Waals surface area contributed by atoms with Crippen molar-refractivity contribution in [1.29, 1.82) is 0 Å². The SMILES string of the molecule is NC1(c2onc3ccccc23)CCCC1. The predicted molar refractivity (Wildman–Crippen MR) is 58.3 cm³/mol. The number of fused-ring (bicyclic) bond motifs is 1. The Hall–Kier alpha value is -1.35. The molecule has 1 aliphatic carbocycles. The highest BCUT2D eigenvalue weighted by molar-refractivity contribution is 5.81. The number of rotatable bonds is 1. The molecule has 78 valence electrons. The third-order valence-electron chi connectivity index (χ3n) is 3.33. The highest BCUT2D eigenvalue weighted by Gasteiger charge is 2.36. The van der Waals surface area contributed by atoms with Crippen LogP contribution in [0.4, 0.5) is 0 Å². The first-order chi connectivity index (χ1) is 7.30. The number of nitrogens with zero attached hydrogens (tertiary/aromatic N) is 1. The van der Waals surface area contributed by atoms with Crippen molar-refractivity contribution < 1.29 is 4.52 Å². The summed E-state index contributed by atoms with van der Waals surface area (Å²) in [7, 11) is 0. The number of hydrogen-bond donors (Lipinski definition) is 1. The molecule has 0 atom stereocenters. The number of hydrogen-bond acceptors (Lipinski definition) is 3. The lowest BCUT2D eigenvalue weighted by Crippen LogP contribution is -2.32. The molecule has 1 saturated carbocycles. The smallest absolute Gasteiger partial charge is 0.164 e. The fraction of sp³-hybridized carbons (Fsp3) is 0.417. The molecule has 1 heterocycles. The molecule has 0 unspecified atom stereocenters. The van der Waals surface area contributed by atoms with Gasteiger partial charge >= 0.3 is 0 Å². The minimum atomic E-state index is -0.282. The molecule has 0 saturated heterocycles. The Bertz CT molecular complexity index is 483. The molecule has 0 amide bonds. The van der Waals surface area contributed by atoms with Crippen LogP contribution in [-0.2, 0) is 5.54 Å². The lowest BCUT2D eigenvalue weighted by Gasteiger charge is -2.19. The van der Waals surface area contributed by atoms with Gasteiger partial charge in [-0.2, -0.15) is 0 Å². The van der Waals surface area contributed by atoms with E-state index in [2.05, 4.69) is 5.16 Å². The van der Waals surface area contributed by atoms with Gasteiger partial charge in [-0.15, -0.1) is 0 Å². The molecule has 3 nitrogen and oxygen atoms in total. The number of nitrogens with two attached hydrogens (primary N) is 1. The second kappa shape index (κ2) is 3.07. The van der Waals surface area contributed by atoms with Crippen LogP contribution in [0, 0.1) is 0 Å². The predicted octanol–water partition coefficient (Wildman–Crippen LogP) is 2.56. The fourth-order valence-electron chi connectivity index (χ4n) is 2.48. The van der Waals surface area contributed by atoms with E-state index in [1.807, 2.05) is 24.3 Å². The standard InChI is InChI=1S/C12H14N2O/c13-12(7-3-4-8-12)11-9-5-1-2-6-10(9)14-15-11/h1-2,5-6H,3-4,7-8,13H2. The normalized spacial score (nSPS) is 19.8. The van der Waals surface area contributed by atoms with Crippen LogP contribution in [0.25, 0.3) is 10.9 Å². The first-order valence-electron chi connectivity index (χ1n) is 5.43. The van der Waals surface area contributed by atoms with Gasteiger partial charge in [-0.25, -0.2) is 0 Å². The Morgan fingerprint density at radius 2 is 1.93 bits per heavy atom. The zero-order valence-corrected chi connectivity index (χ0v) is 8.57. The Morgan fingerprint density at radius 3 is 2.73 bits per heavy atom. The molecule has 3 heteroatoms. The van der Waals surface area contributed by atoms with E-state index in [1.165, 1.54) is 12.8 Å². The molecule has 0 spiro atoms. The molecule has 1 aliphatic rings. The van der Waals surface area contributed by atoms with Gasteiger partial charge < -0.3 is 10.3 Å². The van der Waals surface area contributed by atoms with Crippen molar-refractivity contribution in [2.24, 2.45) is 5.73 Å². The summed E-state index contributed by atoms with van der Waals surface area (Å²) in [4.78, 5) is 0. The largest absolute Gasteiger partial charge is 0.358 e. The highest BCUT2D eigenvalue weighted by Crippen LogP contribution is 2.39. The fourth-order valence-corrected chi connectivity index (χ4v) is 2.48. The first-order valence-corrected chi connectivity index (χ1v) is 5.43. The minimum absolute atomic E-state index is 0.282. The van der Waals surface area contributed by atoms with Gasteiger partial charge in [0, 0.05) is 5.39 Å². The van der Waals surface area contributed by atoms with E-state index in [0.29, 0.717) is 0 Å². The molecule has 0 radical (unpaired) electrons. The van der Waals surface area contributed by atoms with Gasteiger partial charge in [0.25, 0.3) is 0 Å². The second-order valence-electron chi connectivity index (χ2n) is 4.39. The van der Waals surface area contributed by atoms with Gasteiger partial charge in [0.1, 0.15) is 5.52 Å². The third-order valence-corrected chi connectivity index (χ3v) is 3.33. The maximum atomic E-state index is 6.36. The van der Waals surface area contributed by atoms with Gasteiger partial charge in [-0.1, -0.05) is 30.1 Å². The van der Waals surface area contributed by atoms with E-state index in [4.69, 9.17) is 10.3 Å². The molecule has 2 N–H and O–H groups in total. The maximum absolute atomic E-state index is 6.36. The van der Waals surface area contributed by atoms with Crippen LogP contribution < -0.4 is 5.73 Å². The topological polar surface area (TPSA) is 52.0 Å². The quantitative estimate of drug-likeness (QED) is 0.773. The summed E-state index contributed by atoms with van der Waals surface area (Å²) in [5.74, 6) is 0.871. The number of aromatic nitrogens is 1. The molecule has 1 aromatic heterocycles. The molecule has 0 bridgehead atoms. The lowest BCUT2D eigenvalue weighted by molar-refractivity contribution is 0.300. The summed E-state index contributed by atoms with van der Waals surface area (Å²) in [6.07, 6.45) is 4.38. The summed E-state index contributed by atoms with van der Waals surface area (Å²) < 4.78 is 5.43. The Morgan fingerprint density at radius 1 is 1.20 bits per heavy atom. The van der Waals surface area contributed by atoms with Crippen LogP contribution in [0.1, 0.15) is 31.4 Å². The van der Waals surface area contributed by atoms with E-state index >= 15 is 0 Å². The van der Waals surface area contributed by atoms with Crippen molar-refractivity contribution in [2.75, 3.05) is 0 Å². The van der Waals surface area contributed by atoms with Crippen molar-refractivity contribution in [3.63, 3.8) is 0 Å². The Balaban J connectivity index is 2.18. The van der Waals surface area contributed by atoms with Crippen molar-refractivity contribution in [3.8, 4) is 0 Å². The van der Waals surface area contributed by atoms with Crippen LogP contribution in [0.5, 0.6) is 0 Å². The average molecular weight is 202 g/mol. The van der Waals surface area contributed by atoms with Crippen LogP contribution in [0.3, 0.4) is 0 Å². The van der Waals surface area contributed by atoms with Gasteiger partial charge in [0.15, 0.2) is 5.76 Å². The van der Waals surface area contributed by atoms with Crippen LogP contribution in [0.15, 0.2) is 28.8 Å². The van der Waals surface area contributed by atoms with Gasteiger partial charge in [-0.05, 0) is 25.0 Å². The van der Waals surface area contributed by atoms with Gasteiger partial charge in [-0.3, -0.25) is 0 Å². The monoisotopic (exact) mass is 202 g/mol. The average Bonchev–Trinajstić information content (AvgIpc) is 2.84. The molecular weight excluding hydrogens is 188 g/mol. The molecule has 15 heavy (non-hydrogen) atoms. The third kappa shape index (κ3) is 1.27. The molecule has 1 fully saturated rings. The van der Waals surface area contributed by atoms with Crippen LogP contribution >= 0.6 is 0 Å². The van der Waals surface area contributed by atoms with E-state index in [0.717, 1.165) is 29.5 Å². The zero-order chi connectivity index (χ0) is 10.3. The Labute approximate surface area is 88.2 Å².